The second-order valence-electron chi connectivity index (χ2n) is 13.5. The maximum atomic E-state index is 12.5. The van der Waals surface area contributed by atoms with Gasteiger partial charge in [-0.1, -0.05) is 118 Å². The van der Waals surface area contributed by atoms with E-state index in [1.165, 1.54) is 64.2 Å². The number of unbranched alkanes of at least 4 members (excludes halogenated alkanes) is 12. The van der Waals surface area contributed by atoms with Crippen LogP contribution in [0.2, 0.25) is 0 Å². The lowest BCUT2D eigenvalue weighted by molar-refractivity contribution is -0.145. The van der Waals surface area contributed by atoms with Crippen molar-refractivity contribution in [1.82, 2.24) is 9.80 Å². The molecule has 0 aromatic carbocycles. The standard InChI is InChI=1S/C39H78N2O6/c1-6-11-14-20-25-36(24-13-8-3)35-46-38(43)28-23-19-17-16-18-22-27-37(26-21-15-12-7-2)47-39(44)45-34-32-41(31-33-42)30-29-40(9-4)10-5/h36-37,42H,6-35H2,1-5H3. The number of rotatable bonds is 35. The van der Waals surface area contributed by atoms with Crippen molar-refractivity contribution in [2.75, 3.05) is 59.1 Å². The second kappa shape index (κ2) is 34.5. The number of carbonyl (C=O) groups excluding carboxylic acids is 2. The highest BCUT2D eigenvalue weighted by atomic mass is 16.7. The predicted molar refractivity (Wildman–Crippen MR) is 196 cm³/mol. The predicted octanol–water partition coefficient (Wildman–Crippen LogP) is 9.56. The molecule has 0 fully saturated rings. The highest BCUT2D eigenvalue weighted by Gasteiger charge is 2.17. The molecule has 0 bridgehead atoms. The van der Waals surface area contributed by atoms with Crippen molar-refractivity contribution in [2.45, 2.75) is 176 Å². The number of hydrogen-bond acceptors (Lipinski definition) is 8. The molecule has 0 heterocycles. The van der Waals surface area contributed by atoms with Gasteiger partial charge >= 0.3 is 12.1 Å². The molecule has 0 rings (SSSR count). The van der Waals surface area contributed by atoms with Crippen LogP contribution >= 0.6 is 0 Å². The van der Waals surface area contributed by atoms with E-state index in [1.807, 2.05) is 0 Å². The normalized spacial score (nSPS) is 12.9. The van der Waals surface area contributed by atoms with Gasteiger partial charge in [-0.25, -0.2) is 4.79 Å². The number of nitrogens with zero attached hydrogens (tertiary/aromatic N) is 2. The van der Waals surface area contributed by atoms with E-state index >= 15 is 0 Å². The zero-order chi connectivity index (χ0) is 34.8. The maximum Gasteiger partial charge on any atom is 0.508 e. The van der Waals surface area contributed by atoms with E-state index < -0.39 is 6.16 Å². The van der Waals surface area contributed by atoms with E-state index in [4.69, 9.17) is 14.2 Å². The van der Waals surface area contributed by atoms with Crippen molar-refractivity contribution in [1.29, 1.82) is 0 Å². The molecule has 0 aliphatic heterocycles. The van der Waals surface area contributed by atoms with Crippen molar-refractivity contribution >= 4 is 12.1 Å². The highest BCUT2D eigenvalue weighted by molar-refractivity contribution is 5.69. The summed E-state index contributed by atoms with van der Waals surface area (Å²) in [4.78, 5) is 29.4. The first kappa shape index (κ1) is 45.6. The fourth-order valence-electron chi connectivity index (χ4n) is 6.08. The first-order chi connectivity index (χ1) is 22.9. The first-order valence-corrected chi connectivity index (χ1v) is 20.0. The molecule has 0 aliphatic carbocycles. The van der Waals surface area contributed by atoms with Gasteiger partial charge in [-0.3, -0.25) is 9.69 Å². The third kappa shape index (κ3) is 29.3. The minimum atomic E-state index is -0.571. The second-order valence-corrected chi connectivity index (χ2v) is 13.5. The Morgan fingerprint density at radius 1 is 0.574 bits per heavy atom. The van der Waals surface area contributed by atoms with Crippen LogP contribution in [0.4, 0.5) is 4.79 Å². The van der Waals surface area contributed by atoms with Gasteiger partial charge in [0, 0.05) is 32.6 Å². The molecule has 0 spiro atoms. The summed E-state index contributed by atoms with van der Waals surface area (Å²) in [6.07, 6.45) is 22.4. The number of aliphatic hydroxyl groups excluding tert-OH is 1. The molecule has 47 heavy (non-hydrogen) atoms. The van der Waals surface area contributed by atoms with Crippen LogP contribution < -0.4 is 0 Å². The molecule has 2 unspecified atom stereocenters. The summed E-state index contributed by atoms with van der Waals surface area (Å²) < 4.78 is 16.9. The lowest BCUT2D eigenvalue weighted by atomic mass is 9.96. The molecule has 0 aromatic heterocycles. The molecule has 8 nitrogen and oxygen atoms in total. The van der Waals surface area contributed by atoms with Crippen molar-refractivity contribution in [3.63, 3.8) is 0 Å². The molecule has 0 amide bonds. The van der Waals surface area contributed by atoms with Crippen LogP contribution in [-0.4, -0.2) is 92.2 Å². The molecular formula is C39H78N2O6. The lowest BCUT2D eigenvalue weighted by Gasteiger charge is -2.25. The average Bonchev–Trinajstić information content (AvgIpc) is 3.07. The van der Waals surface area contributed by atoms with Crippen LogP contribution in [0.1, 0.15) is 169 Å². The smallest absolute Gasteiger partial charge is 0.465 e. The Hall–Kier alpha value is -1.38. The molecule has 0 aromatic rings. The molecule has 8 heteroatoms. The minimum absolute atomic E-state index is 0.0317. The molecule has 280 valence electrons. The van der Waals surface area contributed by atoms with E-state index in [0.29, 0.717) is 32.0 Å². The summed E-state index contributed by atoms with van der Waals surface area (Å²) in [6, 6.07) is 0. The summed E-state index contributed by atoms with van der Waals surface area (Å²) in [5.41, 5.74) is 0. The summed E-state index contributed by atoms with van der Waals surface area (Å²) in [6.45, 7) is 16.9. The summed E-state index contributed by atoms with van der Waals surface area (Å²) in [5, 5.41) is 9.44. The van der Waals surface area contributed by atoms with E-state index in [2.05, 4.69) is 44.4 Å². The summed E-state index contributed by atoms with van der Waals surface area (Å²) in [7, 11) is 0. The monoisotopic (exact) mass is 671 g/mol. The van der Waals surface area contributed by atoms with Crippen molar-refractivity contribution in [3.8, 4) is 0 Å². The van der Waals surface area contributed by atoms with Gasteiger partial charge < -0.3 is 24.2 Å². The van der Waals surface area contributed by atoms with Gasteiger partial charge in [0.2, 0.25) is 0 Å². The van der Waals surface area contributed by atoms with Crippen LogP contribution in [0.25, 0.3) is 0 Å². The van der Waals surface area contributed by atoms with Gasteiger partial charge in [0.25, 0.3) is 0 Å². The zero-order valence-corrected chi connectivity index (χ0v) is 31.8. The Balaban J connectivity index is 4.31. The first-order valence-electron chi connectivity index (χ1n) is 20.0. The SMILES string of the molecule is CCCCCCC(CCCC)COC(=O)CCCCCCCCC(CCCCCC)OC(=O)OCCN(CCO)CCN(CC)CC. The van der Waals surface area contributed by atoms with Crippen molar-refractivity contribution < 1.29 is 28.9 Å². The number of hydrogen-bond donors (Lipinski definition) is 1. The zero-order valence-electron chi connectivity index (χ0n) is 31.8. The fourth-order valence-corrected chi connectivity index (χ4v) is 6.08. The number of ether oxygens (including phenoxy) is 3. The van der Waals surface area contributed by atoms with E-state index in [9.17, 15) is 14.7 Å². The Bertz CT molecular complexity index is 690. The minimum Gasteiger partial charge on any atom is -0.465 e. The summed E-state index contributed by atoms with van der Waals surface area (Å²) in [5.74, 6) is 0.489. The van der Waals surface area contributed by atoms with Crippen molar-refractivity contribution in [3.05, 3.63) is 0 Å². The molecule has 0 saturated heterocycles. The van der Waals surface area contributed by atoms with Crippen LogP contribution in [-0.2, 0) is 19.0 Å². The Morgan fingerprint density at radius 3 is 1.70 bits per heavy atom. The van der Waals surface area contributed by atoms with Gasteiger partial charge in [-0.15, -0.1) is 0 Å². The number of aliphatic hydroxyl groups is 1. The topological polar surface area (TPSA) is 88.5 Å². The Morgan fingerprint density at radius 2 is 1.11 bits per heavy atom. The Kier molecular flexibility index (Phi) is 33.5. The van der Waals surface area contributed by atoms with Gasteiger partial charge in [-0.2, -0.15) is 0 Å². The average molecular weight is 671 g/mol. The number of likely N-dealkylation sites (N-methyl/N-ethyl adjacent to an activating group) is 1. The number of esters is 1. The van der Waals surface area contributed by atoms with E-state index in [-0.39, 0.29) is 25.3 Å². The largest absolute Gasteiger partial charge is 0.508 e. The maximum absolute atomic E-state index is 12.5. The molecule has 0 saturated carbocycles. The Labute approximate surface area is 291 Å². The van der Waals surface area contributed by atoms with Gasteiger partial charge in [0.1, 0.15) is 12.7 Å². The quantitative estimate of drug-likeness (QED) is 0.0527. The molecule has 0 radical (unpaired) electrons. The van der Waals surface area contributed by atoms with Crippen LogP contribution in [0.15, 0.2) is 0 Å². The van der Waals surface area contributed by atoms with Crippen molar-refractivity contribution in [2.24, 2.45) is 5.92 Å². The summed E-state index contributed by atoms with van der Waals surface area (Å²) >= 11 is 0. The number of carbonyl (C=O) groups is 2. The van der Waals surface area contributed by atoms with Crippen LogP contribution in [0.3, 0.4) is 0 Å². The molecular weight excluding hydrogens is 592 g/mol. The third-order valence-corrected chi connectivity index (χ3v) is 9.38. The molecule has 0 aliphatic rings. The van der Waals surface area contributed by atoms with E-state index in [0.717, 1.165) is 90.4 Å². The third-order valence-electron chi connectivity index (χ3n) is 9.38. The fraction of sp³-hybridized carbons (Fsp3) is 0.949. The van der Waals surface area contributed by atoms with Gasteiger partial charge in [0.05, 0.1) is 13.2 Å². The van der Waals surface area contributed by atoms with Crippen LogP contribution in [0.5, 0.6) is 0 Å². The molecule has 1 N–H and O–H groups in total. The lowest BCUT2D eigenvalue weighted by Crippen LogP contribution is -2.38. The van der Waals surface area contributed by atoms with E-state index in [1.54, 1.807) is 0 Å². The van der Waals surface area contributed by atoms with Crippen LogP contribution in [0, 0.1) is 5.92 Å². The van der Waals surface area contributed by atoms with Gasteiger partial charge in [0.15, 0.2) is 0 Å². The molecule has 2 atom stereocenters. The van der Waals surface area contributed by atoms with Gasteiger partial charge in [-0.05, 0) is 64.0 Å². The highest BCUT2D eigenvalue weighted by Crippen LogP contribution is 2.19.